The van der Waals surface area contributed by atoms with Gasteiger partial charge in [-0.25, -0.2) is 0 Å². The van der Waals surface area contributed by atoms with Crippen LogP contribution >= 0.6 is 23.2 Å². The summed E-state index contributed by atoms with van der Waals surface area (Å²) in [6, 6.07) is 11.3. The second-order valence-electron chi connectivity index (χ2n) is 5.87. The van der Waals surface area contributed by atoms with Crippen molar-refractivity contribution < 1.29 is 4.79 Å². The van der Waals surface area contributed by atoms with Crippen molar-refractivity contribution in [2.24, 2.45) is 0 Å². The Balaban J connectivity index is 2.19. The molecular formula is C17H14Cl2O. The molecule has 1 nitrogen and oxygen atoms in total. The molecule has 0 unspecified atom stereocenters. The van der Waals surface area contributed by atoms with E-state index >= 15 is 0 Å². The second kappa shape index (κ2) is 4.61. The number of hydrogen-bond acceptors (Lipinski definition) is 1. The molecule has 0 atom stereocenters. The Labute approximate surface area is 128 Å². The van der Waals surface area contributed by atoms with E-state index in [2.05, 4.69) is 19.9 Å². The summed E-state index contributed by atoms with van der Waals surface area (Å²) in [5.74, 6) is 0.216. The van der Waals surface area contributed by atoms with Gasteiger partial charge in [-0.1, -0.05) is 49.2 Å². The van der Waals surface area contributed by atoms with Crippen molar-refractivity contribution >= 4 is 29.0 Å². The summed E-state index contributed by atoms with van der Waals surface area (Å²) < 4.78 is 0. The quantitative estimate of drug-likeness (QED) is 0.677. The molecule has 0 bridgehead atoms. The van der Waals surface area contributed by atoms with Crippen LogP contribution in [0.3, 0.4) is 0 Å². The summed E-state index contributed by atoms with van der Waals surface area (Å²) in [6.45, 7) is 4.19. The average Bonchev–Trinajstić information content (AvgIpc) is 2.62. The SMILES string of the molecule is CC1(C)CC(=O)c2ccc(-c3cc(Cl)ccc3Cl)cc21. The molecule has 0 radical (unpaired) electrons. The highest BCUT2D eigenvalue weighted by molar-refractivity contribution is 6.35. The third-order valence-electron chi connectivity index (χ3n) is 3.89. The molecule has 3 rings (SSSR count). The smallest absolute Gasteiger partial charge is 0.164 e. The largest absolute Gasteiger partial charge is 0.294 e. The molecule has 0 heterocycles. The van der Waals surface area contributed by atoms with Gasteiger partial charge in [-0.15, -0.1) is 0 Å². The lowest BCUT2D eigenvalue weighted by Crippen LogP contribution is -2.12. The Morgan fingerprint density at radius 1 is 1.00 bits per heavy atom. The fourth-order valence-electron chi connectivity index (χ4n) is 2.83. The van der Waals surface area contributed by atoms with Gasteiger partial charge in [0, 0.05) is 27.6 Å². The van der Waals surface area contributed by atoms with E-state index < -0.39 is 0 Å². The predicted octanol–water partition coefficient (Wildman–Crippen LogP) is 5.52. The highest BCUT2D eigenvalue weighted by Crippen LogP contribution is 2.41. The zero-order valence-electron chi connectivity index (χ0n) is 11.3. The van der Waals surface area contributed by atoms with E-state index in [0.29, 0.717) is 16.5 Å². The number of benzene rings is 2. The Hall–Kier alpha value is -1.31. The molecule has 0 spiro atoms. The van der Waals surface area contributed by atoms with Gasteiger partial charge in [-0.05, 0) is 40.8 Å². The Morgan fingerprint density at radius 2 is 1.75 bits per heavy atom. The van der Waals surface area contributed by atoms with Crippen LogP contribution in [0.25, 0.3) is 11.1 Å². The number of rotatable bonds is 1. The number of carbonyl (C=O) groups is 1. The molecule has 102 valence electrons. The summed E-state index contributed by atoms with van der Waals surface area (Å²) >= 11 is 12.3. The zero-order chi connectivity index (χ0) is 14.5. The maximum absolute atomic E-state index is 12.0. The molecular weight excluding hydrogens is 291 g/mol. The van der Waals surface area contributed by atoms with Crippen LogP contribution in [0.15, 0.2) is 36.4 Å². The topological polar surface area (TPSA) is 17.1 Å². The molecule has 3 heteroatoms. The molecule has 2 aromatic rings. The molecule has 0 saturated heterocycles. The number of ketones is 1. The third-order valence-corrected chi connectivity index (χ3v) is 4.46. The zero-order valence-corrected chi connectivity index (χ0v) is 12.8. The molecule has 0 aliphatic heterocycles. The van der Waals surface area contributed by atoms with E-state index in [1.807, 2.05) is 18.2 Å². The van der Waals surface area contributed by atoms with Crippen LogP contribution in [0.1, 0.15) is 36.2 Å². The first-order valence-electron chi connectivity index (χ1n) is 6.52. The molecule has 2 aromatic carbocycles. The van der Waals surface area contributed by atoms with Crippen LogP contribution in [-0.2, 0) is 5.41 Å². The minimum atomic E-state index is -0.118. The molecule has 0 fully saturated rings. The van der Waals surface area contributed by atoms with E-state index in [4.69, 9.17) is 23.2 Å². The number of Topliss-reactive ketones (excluding diaryl/α,β-unsaturated/α-hetero) is 1. The van der Waals surface area contributed by atoms with E-state index in [1.165, 1.54) is 0 Å². The lowest BCUT2D eigenvalue weighted by molar-refractivity contribution is 0.0979. The first-order valence-corrected chi connectivity index (χ1v) is 7.27. The van der Waals surface area contributed by atoms with Crippen molar-refractivity contribution in [1.82, 2.24) is 0 Å². The number of fused-ring (bicyclic) bond motifs is 1. The Bertz CT molecular complexity index is 717. The van der Waals surface area contributed by atoms with Crippen LogP contribution in [0.4, 0.5) is 0 Å². The lowest BCUT2D eigenvalue weighted by atomic mass is 9.85. The van der Waals surface area contributed by atoms with E-state index in [1.54, 1.807) is 12.1 Å². The third kappa shape index (κ3) is 2.15. The van der Waals surface area contributed by atoms with Crippen LogP contribution < -0.4 is 0 Å². The minimum Gasteiger partial charge on any atom is -0.294 e. The van der Waals surface area contributed by atoms with Crippen molar-refractivity contribution in [3.05, 3.63) is 57.6 Å². The van der Waals surface area contributed by atoms with Crippen molar-refractivity contribution in [3.63, 3.8) is 0 Å². The normalized spacial score (nSPS) is 16.3. The molecule has 1 aliphatic rings. The minimum absolute atomic E-state index is 0.118. The van der Waals surface area contributed by atoms with Gasteiger partial charge in [-0.3, -0.25) is 4.79 Å². The van der Waals surface area contributed by atoms with Gasteiger partial charge >= 0.3 is 0 Å². The van der Waals surface area contributed by atoms with Gasteiger partial charge in [0.1, 0.15) is 0 Å². The summed E-state index contributed by atoms with van der Waals surface area (Å²) in [7, 11) is 0. The Kier molecular flexibility index (Phi) is 3.15. The van der Waals surface area contributed by atoms with Gasteiger partial charge in [0.2, 0.25) is 0 Å². The summed E-state index contributed by atoms with van der Waals surface area (Å²) in [5, 5.41) is 1.32. The maximum Gasteiger partial charge on any atom is 0.164 e. The number of halogens is 2. The maximum atomic E-state index is 12.0. The van der Waals surface area contributed by atoms with Crippen molar-refractivity contribution in [3.8, 4) is 11.1 Å². The monoisotopic (exact) mass is 304 g/mol. The molecule has 0 N–H and O–H groups in total. The molecule has 20 heavy (non-hydrogen) atoms. The molecule has 1 aliphatic carbocycles. The van der Waals surface area contributed by atoms with Crippen LogP contribution in [-0.4, -0.2) is 5.78 Å². The van der Waals surface area contributed by atoms with Crippen LogP contribution in [0.2, 0.25) is 10.0 Å². The molecule has 0 aromatic heterocycles. The molecule has 0 saturated carbocycles. The summed E-state index contributed by atoms with van der Waals surface area (Å²) in [6.07, 6.45) is 0.565. The van der Waals surface area contributed by atoms with Gasteiger partial charge in [-0.2, -0.15) is 0 Å². The predicted molar refractivity (Wildman–Crippen MR) is 83.9 cm³/mol. The number of hydrogen-bond donors (Lipinski definition) is 0. The lowest BCUT2D eigenvalue weighted by Gasteiger charge is -2.18. The van der Waals surface area contributed by atoms with Crippen molar-refractivity contribution in [1.29, 1.82) is 0 Å². The Morgan fingerprint density at radius 3 is 2.50 bits per heavy atom. The highest BCUT2D eigenvalue weighted by Gasteiger charge is 2.35. The molecule has 0 amide bonds. The summed E-state index contributed by atoms with van der Waals surface area (Å²) in [4.78, 5) is 12.0. The van der Waals surface area contributed by atoms with E-state index in [0.717, 1.165) is 22.3 Å². The van der Waals surface area contributed by atoms with E-state index in [9.17, 15) is 4.79 Å². The van der Waals surface area contributed by atoms with Gasteiger partial charge in [0.15, 0.2) is 5.78 Å². The average molecular weight is 305 g/mol. The first-order chi connectivity index (χ1) is 9.38. The van der Waals surface area contributed by atoms with Gasteiger partial charge < -0.3 is 0 Å². The standard InChI is InChI=1S/C17H14Cl2O/c1-17(2)9-16(20)12-5-3-10(7-14(12)17)13-8-11(18)4-6-15(13)19/h3-8H,9H2,1-2H3. The van der Waals surface area contributed by atoms with Gasteiger partial charge in [0.25, 0.3) is 0 Å². The second-order valence-corrected chi connectivity index (χ2v) is 6.71. The number of carbonyl (C=O) groups excluding carboxylic acids is 1. The fourth-order valence-corrected chi connectivity index (χ4v) is 3.22. The van der Waals surface area contributed by atoms with Crippen LogP contribution in [0.5, 0.6) is 0 Å². The fraction of sp³-hybridized carbons (Fsp3) is 0.235. The first kappa shape index (κ1) is 13.7. The van der Waals surface area contributed by atoms with Crippen LogP contribution in [0, 0.1) is 0 Å². The van der Waals surface area contributed by atoms with Crippen molar-refractivity contribution in [2.45, 2.75) is 25.7 Å². The highest BCUT2D eigenvalue weighted by atomic mass is 35.5. The van der Waals surface area contributed by atoms with E-state index in [-0.39, 0.29) is 11.2 Å². The van der Waals surface area contributed by atoms with Gasteiger partial charge in [0.05, 0.1) is 0 Å². The summed E-state index contributed by atoms with van der Waals surface area (Å²) in [5.41, 5.74) is 3.71. The van der Waals surface area contributed by atoms with Crippen molar-refractivity contribution in [2.75, 3.05) is 0 Å².